The summed E-state index contributed by atoms with van der Waals surface area (Å²) in [6, 6.07) is 7.42. The number of alkyl halides is 1. The second-order valence-electron chi connectivity index (χ2n) is 4.51. The number of benzene rings is 1. The third-order valence-corrected chi connectivity index (χ3v) is 3.19. The Labute approximate surface area is 141 Å². The molecule has 124 valence electrons. The standard InChI is InChI=1S/C16H20ClN3O3/c1-22-14-4-3-12(9-15(14)23-2)5-7-20-16(21)13(10-18)11-19-8-6-17/h3-4,9,11,19H,5-8H2,1-2H3,(H,20,21)/b13-11-. The molecule has 0 bridgehead atoms. The van der Waals surface area contributed by atoms with E-state index in [0.29, 0.717) is 36.9 Å². The van der Waals surface area contributed by atoms with Crippen LogP contribution in [0.2, 0.25) is 0 Å². The summed E-state index contributed by atoms with van der Waals surface area (Å²) in [4.78, 5) is 11.9. The van der Waals surface area contributed by atoms with Gasteiger partial charge in [0.1, 0.15) is 11.6 Å². The minimum absolute atomic E-state index is 0.0161. The Hall–Kier alpha value is -2.39. The van der Waals surface area contributed by atoms with Crippen LogP contribution in [0.15, 0.2) is 30.0 Å². The molecule has 23 heavy (non-hydrogen) atoms. The molecule has 0 aliphatic carbocycles. The summed E-state index contributed by atoms with van der Waals surface area (Å²) in [7, 11) is 3.15. The van der Waals surface area contributed by atoms with Gasteiger partial charge in [0.25, 0.3) is 5.91 Å². The summed E-state index contributed by atoms with van der Waals surface area (Å²) in [6.07, 6.45) is 1.98. The van der Waals surface area contributed by atoms with Crippen LogP contribution >= 0.6 is 11.6 Å². The van der Waals surface area contributed by atoms with Gasteiger partial charge in [-0.15, -0.1) is 11.6 Å². The van der Waals surface area contributed by atoms with Crippen molar-refractivity contribution in [2.75, 3.05) is 33.2 Å². The number of carbonyl (C=O) groups is 1. The van der Waals surface area contributed by atoms with Gasteiger partial charge in [0, 0.05) is 25.2 Å². The lowest BCUT2D eigenvalue weighted by atomic mass is 10.1. The molecule has 0 heterocycles. The van der Waals surface area contributed by atoms with E-state index in [2.05, 4.69) is 10.6 Å². The monoisotopic (exact) mass is 337 g/mol. The molecule has 0 aromatic heterocycles. The highest BCUT2D eigenvalue weighted by Gasteiger charge is 2.09. The van der Waals surface area contributed by atoms with E-state index >= 15 is 0 Å². The first-order valence-corrected chi connectivity index (χ1v) is 7.58. The molecule has 0 radical (unpaired) electrons. The van der Waals surface area contributed by atoms with Crippen LogP contribution in [0.1, 0.15) is 5.56 Å². The molecule has 2 N–H and O–H groups in total. The average Bonchev–Trinajstić information content (AvgIpc) is 2.58. The van der Waals surface area contributed by atoms with Crippen molar-refractivity contribution in [3.8, 4) is 17.6 Å². The van der Waals surface area contributed by atoms with E-state index in [0.717, 1.165) is 5.56 Å². The van der Waals surface area contributed by atoms with Gasteiger partial charge >= 0.3 is 0 Å². The molecule has 1 aromatic rings. The Kier molecular flexibility index (Phi) is 8.40. The van der Waals surface area contributed by atoms with Crippen molar-refractivity contribution in [1.29, 1.82) is 5.26 Å². The van der Waals surface area contributed by atoms with Gasteiger partial charge in [-0.1, -0.05) is 6.07 Å². The van der Waals surface area contributed by atoms with Crippen molar-refractivity contribution in [1.82, 2.24) is 10.6 Å². The van der Waals surface area contributed by atoms with Crippen molar-refractivity contribution < 1.29 is 14.3 Å². The molecule has 0 unspecified atom stereocenters. The maximum Gasteiger partial charge on any atom is 0.263 e. The van der Waals surface area contributed by atoms with Crippen molar-refractivity contribution >= 4 is 17.5 Å². The zero-order valence-electron chi connectivity index (χ0n) is 13.2. The number of hydrogen-bond donors (Lipinski definition) is 2. The van der Waals surface area contributed by atoms with E-state index in [-0.39, 0.29) is 5.57 Å². The topological polar surface area (TPSA) is 83.4 Å². The summed E-state index contributed by atoms with van der Waals surface area (Å²) >= 11 is 5.51. The first kappa shape index (κ1) is 18.7. The summed E-state index contributed by atoms with van der Waals surface area (Å²) in [6.45, 7) is 0.897. The number of nitrogens with one attached hydrogen (secondary N) is 2. The van der Waals surface area contributed by atoms with Crippen LogP contribution in [-0.2, 0) is 11.2 Å². The van der Waals surface area contributed by atoms with Crippen LogP contribution in [-0.4, -0.2) is 39.1 Å². The first-order chi connectivity index (χ1) is 11.2. The Morgan fingerprint density at radius 2 is 2.04 bits per heavy atom. The number of nitriles is 1. The lowest BCUT2D eigenvalue weighted by Gasteiger charge is -2.10. The summed E-state index contributed by atoms with van der Waals surface area (Å²) < 4.78 is 10.4. The van der Waals surface area contributed by atoms with Crippen LogP contribution < -0.4 is 20.1 Å². The summed E-state index contributed by atoms with van der Waals surface area (Å²) in [5.41, 5.74) is 1.01. The second-order valence-corrected chi connectivity index (χ2v) is 4.89. The Balaban J connectivity index is 2.54. The number of methoxy groups -OCH3 is 2. The summed E-state index contributed by atoms with van der Waals surface area (Å²) in [5, 5.41) is 14.5. The van der Waals surface area contributed by atoms with E-state index in [1.807, 2.05) is 24.3 Å². The molecule has 0 saturated heterocycles. The van der Waals surface area contributed by atoms with Gasteiger partial charge in [0.05, 0.1) is 14.2 Å². The third-order valence-electron chi connectivity index (χ3n) is 3.00. The number of halogens is 1. The fourth-order valence-electron chi connectivity index (χ4n) is 1.83. The van der Waals surface area contributed by atoms with Crippen LogP contribution in [0.25, 0.3) is 0 Å². The zero-order chi connectivity index (χ0) is 17.1. The normalized spacial score (nSPS) is 10.6. The molecule has 0 aliphatic heterocycles. The molecule has 0 spiro atoms. The van der Waals surface area contributed by atoms with E-state index in [4.69, 9.17) is 26.3 Å². The van der Waals surface area contributed by atoms with Crippen molar-refractivity contribution in [2.24, 2.45) is 0 Å². The Morgan fingerprint density at radius 1 is 1.30 bits per heavy atom. The summed E-state index contributed by atoms with van der Waals surface area (Å²) in [5.74, 6) is 1.27. The predicted octanol–water partition coefficient (Wildman–Crippen LogP) is 1.60. The van der Waals surface area contributed by atoms with Gasteiger partial charge in [-0.3, -0.25) is 4.79 Å². The zero-order valence-corrected chi connectivity index (χ0v) is 13.9. The number of nitrogens with zero attached hydrogens (tertiary/aromatic N) is 1. The van der Waals surface area contributed by atoms with Gasteiger partial charge < -0.3 is 20.1 Å². The number of hydrogen-bond acceptors (Lipinski definition) is 5. The van der Waals surface area contributed by atoms with E-state index < -0.39 is 5.91 Å². The molecule has 0 fully saturated rings. The van der Waals surface area contributed by atoms with Crippen molar-refractivity contribution in [3.63, 3.8) is 0 Å². The number of carbonyl (C=O) groups excluding carboxylic acids is 1. The molecular weight excluding hydrogens is 318 g/mol. The first-order valence-electron chi connectivity index (χ1n) is 7.05. The quantitative estimate of drug-likeness (QED) is 0.309. The minimum atomic E-state index is -0.421. The van der Waals surface area contributed by atoms with E-state index in [1.165, 1.54) is 6.20 Å². The maximum atomic E-state index is 11.9. The van der Waals surface area contributed by atoms with E-state index in [9.17, 15) is 4.79 Å². The van der Waals surface area contributed by atoms with Crippen molar-refractivity contribution in [2.45, 2.75) is 6.42 Å². The van der Waals surface area contributed by atoms with E-state index in [1.54, 1.807) is 14.2 Å². The molecule has 0 aliphatic rings. The minimum Gasteiger partial charge on any atom is -0.493 e. The van der Waals surface area contributed by atoms with Gasteiger partial charge in [-0.2, -0.15) is 5.26 Å². The smallest absolute Gasteiger partial charge is 0.263 e. The Morgan fingerprint density at radius 3 is 2.65 bits per heavy atom. The predicted molar refractivity (Wildman–Crippen MR) is 88.7 cm³/mol. The highest BCUT2D eigenvalue weighted by Crippen LogP contribution is 2.27. The number of rotatable bonds is 9. The molecule has 1 rings (SSSR count). The fraction of sp³-hybridized carbons (Fsp3) is 0.375. The fourth-order valence-corrected chi connectivity index (χ4v) is 1.94. The highest BCUT2D eigenvalue weighted by atomic mass is 35.5. The largest absolute Gasteiger partial charge is 0.493 e. The maximum absolute atomic E-state index is 11.9. The van der Waals surface area contributed by atoms with Gasteiger partial charge in [-0.25, -0.2) is 0 Å². The van der Waals surface area contributed by atoms with Gasteiger partial charge in [-0.05, 0) is 24.1 Å². The molecule has 0 saturated carbocycles. The lowest BCUT2D eigenvalue weighted by Crippen LogP contribution is -2.27. The molecule has 7 heteroatoms. The SMILES string of the molecule is COc1ccc(CCNC(=O)/C(C#N)=C\NCCCl)cc1OC. The molecule has 6 nitrogen and oxygen atoms in total. The van der Waals surface area contributed by atoms with Crippen LogP contribution in [0.5, 0.6) is 11.5 Å². The average molecular weight is 338 g/mol. The molecular formula is C16H20ClN3O3. The van der Waals surface area contributed by atoms with Crippen LogP contribution in [0, 0.1) is 11.3 Å². The number of ether oxygens (including phenoxy) is 2. The molecule has 0 atom stereocenters. The van der Waals surface area contributed by atoms with Gasteiger partial charge in [0.15, 0.2) is 11.5 Å². The Bertz CT molecular complexity index is 597. The van der Waals surface area contributed by atoms with Crippen LogP contribution in [0.3, 0.4) is 0 Å². The van der Waals surface area contributed by atoms with Crippen LogP contribution in [0.4, 0.5) is 0 Å². The molecule has 1 aromatic carbocycles. The second kappa shape index (κ2) is 10.4. The molecule has 1 amide bonds. The number of amides is 1. The third kappa shape index (κ3) is 6.09. The van der Waals surface area contributed by atoms with Gasteiger partial charge in [0.2, 0.25) is 0 Å². The lowest BCUT2D eigenvalue weighted by molar-refractivity contribution is -0.117. The van der Waals surface area contributed by atoms with Crippen molar-refractivity contribution in [3.05, 3.63) is 35.5 Å². The highest BCUT2D eigenvalue weighted by molar-refractivity contribution is 6.18.